The van der Waals surface area contributed by atoms with Crippen LogP contribution in [0.5, 0.6) is 0 Å². The molecule has 0 aliphatic carbocycles. The lowest BCUT2D eigenvalue weighted by atomic mass is 9.91. The lowest BCUT2D eigenvalue weighted by Gasteiger charge is -2.35. The third-order valence-corrected chi connectivity index (χ3v) is 4.57. The number of hydrogen-bond acceptors (Lipinski definition) is 3. The van der Waals surface area contributed by atoms with Crippen molar-refractivity contribution in [3.05, 3.63) is 35.9 Å². The molecule has 1 aliphatic rings. The highest BCUT2D eigenvalue weighted by Crippen LogP contribution is 2.23. The summed E-state index contributed by atoms with van der Waals surface area (Å²) >= 11 is 0. The Kier molecular flexibility index (Phi) is 6.59. The van der Waals surface area contributed by atoms with Gasteiger partial charge >= 0.3 is 0 Å². The van der Waals surface area contributed by atoms with Gasteiger partial charge in [-0.05, 0) is 23.8 Å². The summed E-state index contributed by atoms with van der Waals surface area (Å²) in [6.45, 7) is 7.77. The largest absolute Gasteiger partial charge is 0.358 e. The summed E-state index contributed by atoms with van der Waals surface area (Å²) in [6, 6.07) is 9.66. The van der Waals surface area contributed by atoms with E-state index < -0.39 is 0 Å². The van der Waals surface area contributed by atoms with E-state index in [9.17, 15) is 9.59 Å². The molecule has 1 aromatic carbocycles. The number of likely N-dealkylation sites (N-methyl/N-ethyl adjacent to an activating group) is 1. The minimum atomic E-state index is -0.354. The lowest BCUT2D eigenvalue weighted by Crippen LogP contribution is -2.48. The van der Waals surface area contributed by atoms with Gasteiger partial charge in [0, 0.05) is 32.6 Å². The average molecular weight is 345 g/mol. The van der Waals surface area contributed by atoms with Crippen LogP contribution in [0.4, 0.5) is 0 Å². The number of nitrogens with one attached hydrogen (secondary N) is 2. The molecule has 2 amide bonds. The van der Waals surface area contributed by atoms with E-state index >= 15 is 0 Å². The molecule has 5 nitrogen and oxygen atoms in total. The summed E-state index contributed by atoms with van der Waals surface area (Å²) in [6.07, 6.45) is 2.32. The summed E-state index contributed by atoms with van der Waals surface area (Å²) in [5.74, 6) is 0.203. The monoisotopic (exact) mass is 345 g/mol. The fourth-order valence-corrected chi connectivity index (χ4v) is 3.21. The molecule has 1 saturated heterocycles. The first-order valence-electron chi connectivity index (χ1n) is 9.10. The van der Waals surface area contributed by atoms with Crippen molar-refractivity contribution >= 4 is 11.8 Å². The van der Waals surface area contributed by atoms with Gasteiger partial charge in [-0.1, -0.05) is 51.1 Å². The maximum absolute atomic E-state index is 12.4. The van der Waals surface area contributed by atoms with Crippen molar-refractivity contribution < 1.29 is 9.59 Å². The van der Waals surface area contributed by atoms with Crippen molar-refractivity contribution in [2.45, 2.75) is 52.1 Å². The number of carbonyl (C=O) groups is 2. The Morgan fingerprint density at radius 2 is 1.76 bits per heavy atom. The zero-order valence-electron chi connectivity index (χ0n) is 15.8. The molecule has 0 spiro atoms. The molecule has 0 aromatic heterocycles. The molecule has 1 aliphatic heterocycles. The van der Waals surface area contributed by atoms with Gasteiger partial charge in [0.2, 0.25) is 11.8 Å². The van der Waals surface area contributed by atoms with Gasteiger partial charge in [0.05, 0.1) is 0 Å². The molecule has 2 N–H and O–H groups in total. The third kappa shape index (κ3) is 5.85. The van der Waals surface area contributed by atoms with Crippen molar-refractivity contribution in [3.63, 3.8) is 0 Å². The fraction of sp³-hybridized carbons (Fsp3) is 0.600. The predicted octanol–water partition coefficient (Wildman–Crippen LogP) is 2.49. The van der Waals surface area contributed by atoms with E-state index in [1.54, 1.807) is 7.05 Å². The van der Waals surface area contributed by atoms with Gasteiger partial charge in [-0.3, -0.25) is 14.9 Å². The summed E-state index contributed by atoms with van der Waals surface area (Å²) < 4.78 is 0. The summed E-state index contributed by atoms with van der Waals surface area (Å²) in [5, 5.41) is 6.22. The second-order valence-corrected chi connectivity index (χ2v) is 8.02. The van der Waals surface area contributed by atoms with Crippen molar-refractivity contribution in [1.29, 1.82) is 0 Å². The molecule has 0 unspecified atom stereocenters. The zero-order valence-corrected chi connectivity index (χ0v) is 15.8. The Morgan fingerprint density at radius 1 is 1.16 bits per heavy atom. The molecule has 5 heteroatoms. The van der Waals surface area contributed by atoms with Crippen LogP contribution in [0.15, 0.2) is 30.3 Å². The number of carbonyl (C=O) groups excluding carboxylic acids is 2. The van der Waals surface area contributed by atoms with Crippen molar-refractivity contribution in [3.8, 4) is 0 Å². The van der Waals surface area contributed by atoms with Gasteiger partial charge < -0.3 is 10.2 Å². The Balaban J connectivity index is 1.93. The molecule has 1 fully saturated rings. The predicted molar refractivity (Wildman–Crippen MR) is 100 cm³/mol. The van der Waals surface area contributed by atoms with Crippen molar-refractivity contribution in [2.24, 2.45) is 5.41 Å². The second-order valence-electron chi connectivity index (χ2n) is 8.02. The van der Waals surface area contributed by atoms with Crippen LogP contribution in [-0.2, 0) is 9.59 Å². The number of amides is 2. The average Bonchev–Trinajstić information content (AvgIpc) is 2.59. The van der Waals surface area contributed by atoms with Crippen LogP contribution in [0.1, 0.15) is 51.6 Å². The molecular formula is C20H31N3O2. The number of nitrogens with zero attached hydrogens (tertiary/aromatic N) is 1. The first-order valence-corrected chi connectivity index (χ1v) is 9.10. The maximum atomic E-state index is 12.4. The highest BCUT2D eigenvalue weighted by Gasteiger charge is 2.28. The van der Waals surface area contributed by atoms with Crippen LogP contribution >= 0.6 is 0 Å². The molecule has 0 bridgehead atoms. The number of rotatable bonds is 5. The first kappa shape index (κ1) is 19.4. The molecule has 0 radical (unpaired) electrons. The van der Waals surface area contributed by atoms with Crippen molar-refractivity contribution in [2.75, 3.05) is 20.1 Å². The van der Waals surface area contributed by atoms with Gasteiger partial charge in [0.25, 0.3) is 0 Å². The molecule has 25 heavy (non-hydrogen) atoms. The number of piperidine rings is 1. The summed E-state index contributed by atoms with van der Waals surface area (Å²) in [5.41, 5.74) is 0.983. The number of likely N-dealkylation sites (tertiary alicyclic amines) is 1. The maximum Gasteiger partial charge on any atom is 0.241 e. The minimum Gasteiger partial charge on any atom is -0.358 e. The Hall–Kier alpha value is -1.88. The summed E-state index contributed by atoms with van der Waals surface area (Å²) in [7, 11) is 1.66. The fourth-order valence-electron chi connectivity index (χ4n) is 3.21. The molecule has 1 atom stereocenters. The highest BCUT2D eigenvalue weighted by molar-refractivity contribution is 5.83. The van der Waals surface area contributed by atoms with E-state index in [2.05, 4.69) is 31.4 Å². The minimum absolute atomic E-state index is 0.0177. The number of hydrogen-bond donors (Lipinski definition) is 2. The standard InChI is InChI=1S/C20H31N3O2/c1-20(2,3)14-17(24)23-12-10-16(11-13-23)22-18(19(25)21-4)15-8-6-5-7-9-15/h5-9,16,18,22H,10-14H2,1-4H3,(H,21,25)/t18-/m1/s1. The topological polar surface area (TPSA) is 61.4 Å². The molecule has 1 aromatic rings. The van der Waals surface area contributed by atoms with Gasteiger partial charge in [-0.25, -0.2) is 0 Å². The van der Waals surface area contributed by atoms with Gasteiger partial charge in [0.15, 0.2) is 0 Å². The van der Waals surface area contributed by atoms with Gasteiger partial charge in [-0.15, -0.1) is 0 Å². The molecule has 2 rings (SSSR count). The lowest BCUT2D eigenvalue weighted by molar-refractivity contribution is -0.134. The summed E-state index contributed by atoms with van der Waals surface area (Å²) in [4.78, 5) is 26.6. The normalized spacial score (nSPS) is 17.2. The zero-order chi connectivity index (χ0) is 18.4. The number of benzene rings is 1. The third-order valence-electron chi connectivity index (χ3n) is 4.57. The highest BCUT2D eigenvalue weighted by atomic mass is 16.2. The van der Waals surface area contributed by atoms with Gasteiger partial charge in [0.1, 0.15) is 6.04 Å². The van der Waals surface area contributed by atoms with Crippen LogP contribution in [0.25, 0.3) is 0 Å². The first-order chi connectivity index (χ1) is 11.8. The smallest absolute Gasteiger partial charge is 0.241 e. The van der Waals surface area contributed by atoms with Crippen LogP contribution in [-0.4, -0.2) is 42.9 Å². The Morgan fingerprint density at radius 3 is 2.28 bits per heavy atom. The van der Waals surface area contributed by atoms with E-state index in [-0.39, 0.29) is 29.3 Å². The van der Waals surface area contributed by atoms with Crippen LogP contribution in [0.2, 0.25) is 0 Å². The van der Waals surface area contributed by atoms with E-state index in [1.165, 1.54) is 0 Å². The molecular weight excluding hydrogens is 314 g/mol. The van der Waals surface area contributed by atoms with E-state index in [4.69, 9.17) is 0 Å². The molecule has 1 heterocycles. The van der Waals surface area contributed by atoms with Gasteiger partial charge in [-0.2, -0.15) is 0 Å². The van der Waals surface area contributed by atoms with E-state index in [0.717, 1.165) is 31.5 Å². The van der Waals surface area contributed by atoms with E-state index in [0.29, 0.717) is 6.42 Å². The van der Waals surface area contributed by atoms with Crippen molar-refractivity contribution in [1.82, 2.24) is 15.5 Å². The molecule has 138 valence electrons. The van der Waals surface area contributed by atoms with E-state index in [1.807, 2.05) is 35.2 Å². The molecule has 0 saturated carbocycles. The van der Waals surface area contributed by atoms with Crippen LogP contribution < -0.4 is 10.6 Å². The quantitative estimate of drug-likeness (QED) is 0.862. The van der Waals surface area contributed by atoms with Crippen LogP contribution in [0.3, 0.4) is 0 Å². The Labute approximate surface area is 151 Å². The second kappa shape index (κ2) is 8.48. The SMILES string of the molecule is CNC(=O)[C@H](NC1CCN(C(=O)CC(C)(C)C)CC1)c1ccccc1. The Bertz CT molecular complexity index is 572. The van der Waals surface area contributed by atoms with Crippen LogP contribution in [0, 0.1) is 5.41 Å².